The van der Waals surface area contributed by atoms with Crippen LogP contribution in [-0.2, 0) is 12.4 Å². The number of halogens is 7. The Morgan fingerprint density at radius 3 is 1.42 bits per heavy atom. The summed E-state index contributed by atoms with van der Waals surface area (Å²) in [4.78, 5) is 18.5. The van der Waals surface area contributed by atoms with Crippen LogP contribution in [0.3, 0.4) is 0 Å². The number of nitrogens with zero attached hydrogens (tertiary/aromatic N) is 2. The van der Waals surface area contributed by atoms with Gasteiger partial charge in [-0.15, -0.1) is 0 Å². The molecule has 0 amide bonds. The Morgan fingerprint density at radius 1 is 0.651 bits per heavy atom. The van der Waals surface area contributed by atoms with Crippen molar-refractivity contribution < 1.29 is 60.6 Å². The smallest absolute Gasteiger partial charge is 0.423 e. The number of benzene rings is 2. The largest absolute Gasteiger partial charge is 0.490 e. The first-order valence-corrected chi connectivity index (χ1v) is 13.0. The number of alkyl halides is 6. The van der Waals surface area contributed by atoms with Gasteiger partial charge >= 0.3 is 12.4 Å². The molecule has 0 saturated heterocycles. The molecule has 0 aliphatic heterocycles. The molecule has 0 atom stereocenters. The van der Waals surface area contributed by atoms with Crippen LogP contribution >= 0.6 is 0 Å². The van der Waals surface area contributed by atoms with Crippen molar-refractivity contribution in [1.29, 1.82) is 0 Å². The standard InChI is InChI=1S/C13H14F3NO4.C7H3F4NO2.C6H12O2/c14-13(15,16)11-7-10(5-6-12(11)17(19)20)21-9-3-1-8(18)2-4-9;8-4-1-2-6(12(13)14)5(3-4)7(9,10)11;7-5-1-2-6(8)4-3-5/h5-9,18H,1-4H2;1-3H;5-8H,1-4H2. The molecule has 2 aromatic carbocycles. The third-order valence-electron chi connectivity index (χ3n) is 6.54. The molecule has 0 aromatic heterocycles. The predicted molar refractivity (Wildman–Crippen MR) is 136 cm³/mol. The van der Waals surface area contributed by atoms with E-state index in [0.717, 1.165) is 31.7 Å². The highest BCUT2D eigenvalue weighted by Crippen LogP contribution is 2.39. The summed E-state index contributed by atoms with van der Waals surface area (Å²) in [5.74, 6) is -1.21. The fraction of sp³-hybridized carbons (Fsp3) is 0.538. The Balaban J connectivity index is 0.000000251. The minimum Gasteiger partial charge on any atom is -0.490 e. The van der Waals surface area contributed by atoms with Gasteiger partial charge in [0.1, 0.15) is 22.7 Å². The SMILES string of the molecule is O=[N+]([O-])c1ccc(F)cc1C(F)(F)F.O=[N+]([O-])c1ccc(OC2CCC(O)CC2)cc1C(F)(F)F.OC1CCC(O)CC1. The highest BCUT2D eigenvalue weighted by molar-refractivity contribution is 5.47. The van der Waals surface area contributed by atoms with Crippen molar-refractivity contribution in [3.8, 4) is 5.75 Å². The first kappa shape index (κ1) is 35.6. The minimum absolute atomic E-state index is 0.0469. The van der Waals surface area contributed by atoms with Gasteiger partial charge in [0.15, 0.2) is 0 Å². The van der Waals surface area contributed by atoms with E-state index in [4.69, 9.17) is 14.9 Å². The molecular weight excluding hydrogens is 601 g/mol. The van der Waals surface area contributed by atoms with Gasteiger partial charge < -0.3 is 20.1 Å². The van der Waals surface area contributed by atoms with Gasteiger partial charge in [0.25, 0.3) is 11.4 Å². The number of nitro benzene ring substituents is 2. The van der Waals surface area contributed by atoms with E-state index in [1.807, 2.05) is 0 Å². The van der Waals surface area contributed by atoms with Gasteiger partial charge in [0.05, 0.1) is 34.3 Å². The highest BCUT2D eigenvalue weighted by Gasteiger charge is 2.39. The van der Waals surface area contributed by atoms with Crippen LogP contribution < -0.4 is 4.74 Å². The number of rotatable bonds is 4. The van der Waals surface area contributed by atoms with E-state index < -0.39 is 56.6 Å². The van der Waals surface area contributed by atoms with Crippen LogP contribution in [0.5, 0.6) is 5.75 Å². The molecule has 0 spiro atoms. The topological polar surface area (TPSA) is 156 Å². The monoisotopic (exact) mass is 630 g/mol. The molecule has 240 valence electrons. The van der Waals surface area contributed by atoms with Crippen LogP contribution in [0.2, 0.25) is 0 Å². The van der Waals surface area contributed by atoms with Crippen molar-refractivity contribution >= 4 is 11.4 Å². The van der Waals surface area contributed by atoms with Crippen molar-refractivity contribution in [2.24, 2.45) is 0 Å². The minimum atomic E-state index is -4.93. The molecule has 3 N–H and O–H groups in total. The molecule has 10 nitrogen and oxygen atoms in total. The average Bonchev–Trinajstić information content (AvgIpc) is 2.91. The number of hydrogen-bond donors (Lipinski definition) is 3. The Hall–Kier alpha value is -3.57. The van der Waals surface area contributed by atoms with Gasteiger partial charge in [0, 0.05) is 12.1 Å². The molecule has 2 aliphatic rings. The van der Waals surface area contributed by atoms with E-state index in [2.05, 4.69) is 0 Å². The summed E-state index contributed by atoms with van der Waals surface area (Å²) in [6.07, 6.45) is -5.44. The summed E-state index contributed by atoms with van der Waals surface area (Å²) in [5, 5.41) is 48.0. The van der Waals surface area contributed by atoms with Crippen molar-refractivity contribution in [2.75, 3.05) is 0 Å². The van der Waals surface area contributed by atoms with Crippen LogP contribution in [0.15, 0.2) is 36.4 Å². The Morgan fingerprint density at radius 2 is 1.02 bits per heavy atom. The normalized spacial score (nSPS) is 22.3. The van der Waals surface area contributed by atoms with E-state index in [-0.39, 0.29) is 30.1 Å². The number of nitro groups is 2. The fourth-order valence-corrected chi connectivity index (χ4v) is 4.28. The Bertz CT molecular complexity index is 1220. The zero-order valence-electron chi connectivity index (χ0n) is 22.4. The van der Waals surface area contributed by atoms with Crippen LogP contribution in [0, 0.1) is 26.0 Å². The van der Waals surface area contributed by atoms with Gasteiger partial charge in [-0.3, -0.25) is 20.2 Å². The first-order chi connectivity index (χ1) is 19.9. The molecule has 2 aliphatic carbocycles. The lowest BCUT2D eigenvalue weighted by atomic mass is 9.95. The molecular formula is C26H29F7N2O8. The molecule has 4 rings (SSSR count). The lowest BCUT2D eigenvalue weighted by Gasteiger charge is -2.26. The summed E-state index contributed by atoms with van der Waals surface area (Å²) in [6, 6.07) is 3.81. The van der Waals surface area contributed by atoms with Crippen molar-refractivity contribution in [3.63, 3.8) is 0 Å². The summed E-state index contributed by atoms with van der Waals surface area (Å²) in [7, 11) is 0. The lowest BCUT2D eigenvalue weighted by molar-refractivity contribution is -0.388. The third-order valence-corrected chi connectivity index (χ3v) is 6.54. The number of aliphatic hydroxyl groups is 3. The second-order valence-corrected chi connectivity index (χ2v) is 9.86. The molecule has 0 bridgehead atoms. The zero-order chi connectivity index (χ0) is 32.5. The molecule has 43 heavy (non-hydrogen) atoms. The summed E-state index contributed by atoms with van der Waals surface area (Å²) < 4.78 is 92.7. The van der Waals surface area contributed by atoms with Crippen molar-refractivity contribution in [3.05, 3.63) is 73.6 Å². The molecule has 17 heteroatoms. The predicted octanol–water partition coefficient (Wildman–Crippen LogP) is 6.33. The average molecular weight is 631 g/mol. The highest BCUT2D eigenvalue weighted by atomic mass is 19.4. The van der Waals surface area contributed by atoms with Crippen LogP contribution in [0.25, 0.3) is 0 Å². The zero-order valence-corrected chi connectivity index (χ0v) is 22.4. The van der Waals surface area contributed by atoms with Gasteiger partial charge in [-0.05, 0) is 75.6 Å². The molecule has 2 fully saturated rings. The second-order valence-electron chi connectivity index (χ2n) is 9.86. The quantitative estimate of drug-likeness (QED) is 0.201. The van der Waals surface area contributed by atoms with Crippen LogP contribution in [-0.4, -0.2) is 49.6 Å². The van der Waals surface area contributed by atoms with E-state index in [1.165, 1.54) is 6.07 Å². The third kappa shape index (κ3) is 11.6. The summed E-state index contributed by atoms with van der Waals surface area (Å²) in [6.45, 7) is 0. The van der Waals surface area contributed by atoms with Crippen LogP contribution in [0.1, 0.15) is 62.5 Å². The van der Waals surface area contributed by atoms with Gasteiger partial charge in [-0.25, -0.2) is 4.39 Å². The van der Waals surface area contributed by atoms with E-state index in [9.17, 15) is 56.1 Å². The van der Waals surface area contributed by atoms with Gasteiger partial charge in [-0.1, -0.05) is 0 Å². The van der Waals surface area contributed by atoms with Crippen molar-refractivity contribution in [2.45, 2.75) is 88.1 Å². The number of aliphatic hydroxyl groups excluding tert-OH is 3. The maximum atomic E-state index is 12.8. The first-order valence-electron chi connectivity index (χ1n) is 13.0. The van der Waals surface area contributed by atoms with E-state index in [1.54, 1.807) is 0 Å². The fourth-order valence-electron chi connectivity index (χ4n) is 4.28. The second kappa shape index (κ2) is 15.2. The summed E-state index contributed by atoms with van der Waals surface area (Å²) >= 11 is 0. The molecule has 0 heterocycles. The molecule has 0 radical (unpaired) electrons. The van der Waals surface area contributed by atoms with Crippen LogP contribution in [0.4, 0.5) is 42.1 Å². The van der Waals surface area contributed by atoms with E-state index >= 15 is 0 Å². The number of ether oxygens (including phenoxy) is 1. The number of hydrogen-bond acceptors (Lipinski definition) is 8. The van der Waals surface area contributed by atoms with Gasteiger partial charge in [0.2, 0.25) is 0 Å². The van der Waals surface area contributed by atoms with Crippen molar-refractivity contribution in [1.82, 2.24) is 0 Å². The Labute approximate surface area is 240 Å². The maximum absolute atomic E-state index is 12.8. The molecule has 0 unspecified atom stereocenters. The molecule has 2 aromatic rings. The molecule has 2 saturated carbocycles. The van der Waals surface area contributed by atoms with E-state index in [0.29, 0.717) is 43.9 Å². The van der Waals surface area contributed by atoms with Gasteiger partial charge in [-0.2, -0.15) is 26.3 Å². The summed E-state index contributed by atoms with van der Waals surface area (Å²) in [5.41, 5.74) is -5.05. The maximum Gasteiger partial charge on any atom is 0.423 e. The lowest BCUT2D eigenvalue weighted by Crippen LogP contribution is -2.26. The Kier molecular flexibility index (Phi) is 12.6.